The highest BCUT2D eigenvalue weighted by molar-refractivity contribution is 5.79. The van der Waals surface area contributed by atoms with Gasteiger partial charge in [-0.25, -0.2) is 0 Å². The van der Waals surface area contributed by atoms with Crippen LogP contribution in [0.5, 0.6) is 0 Å². The van der Waals surface area contributed by atoms with Crippen LogP contribution in [0.3, 0.4) is 0 Å². The third-order valence-corrected chi connectivity index (χ3v) is 4.91. The van der Waals surface area contributed by atoms with Crippen molar-refractivity contribution in [1.29, 1.82) is 0 Å². The standard InChI is InChI=1S/C18H26N2O2/c1-20(2)16-7-5-14(6-8-16)11-17(21)19-15-12-18(22-13-15)9-3-4-10-18/h5-8,15H,3-4,9-13H2,1-2H3,(H,19,21)/t15-/m1/s1. The van der Waals surface area contributed by atoms with Gasteiger partial charge in [0, 0.05) is 19.8 Å². The van der Waals surface area contributed by atoms with E-state index in [1.54, 1.807) is 0 Å². The molecule has 1 aliphatic carbocycles. The fourth-order valence-electron chi connectivity index (χ4n) is 3.68. The van der Waals surface area contributed by atoms with Gasteiger partial charge in [-0.05, 0) is 37.0 Å². The number of benzene rings is 1. The third-order valence-electron chi connectivity index (χ3n) is 4.91. The summed E-state index contributed by atoms with van der Waals surface area (Å²) in [7, 11) is 4.03. The third kappa shape index (κ3) is 3.43. The van der Waals surface area contributed by atoms with E-state index in [0.29, 0.717) is 13.0 Å². The smallest absolute Gasteiger partial charge is 0.224 e. The van der Waals surface area contributed by atoms with Crippen molar-refractivity contribution in [2.45, 2.75) is 50.2 Å². The number of rotatable bonds is 4. The molecule has 1 N–H and O–H groups in total. The van der Waals surface area contributed by atoms with E-state index in [1.807, 2.05) is 26.2 Å². The van der Waals surface area contributed by atoms with Gasteiger partial charge in [-0.3, -0.25) is 4.79 Å². The Morgan fingerprint density at radius 3 is 2.59 bits per heavy atom. The molecule has 0 unspecified atom stereocenters. The van der Waals surface area contributed by atoms with Crippen molar-refractivity contribution in [1.82, 2.24) is 5.32 Å². The second kappa shape index (κ2) is 6.29. The Morgan fingerprint density at radius 2 is 1.95 bits per heavy atom. The average molecular weight is 302 g/mol. The van der Waals surface area contributed by atoms with Crippen LogP contribution in [0.4, 0.5) is 5.69 Å². The molecule has 3 rings (SSSR count). The molecule has 0 radical (unpaired) electrons. The van der Waals surface area contributed by atoms with Gasteiger partial charge in [0.05, 0.1) is 24.7 Å². The molecule has 120 valence electrons. The van der Waals surface area contributed by atoms with Gasteiger partial charge in [0.1, 0.15) is 0 Å². The normalized spacial score (nSPS) is 22.9. The van der Waals surface area contributed by atoms with Gasteiger partial charge in [-0.1, -0.05) is 25.0 Å². The first-order valence-corrected chi connectivity index (χ1v) is 8.26. The molecule has 1 amide bonds. The number of hydrogen-bond donors (Lipinski definition) is 1. The second-order valence-corrected chi connectivity index (χ2v) is 6.91. The molecule has 0 bridgehead atoms. The molecule has 4 nitrogen and oxygen atoms in total. The van der Waals surface area contributed by atoms with Gasteiger partial charge >= 0.3 is 0 Å². The maximum absolute atomic E-state index is 12.2. The summed E-state index contributed by atoms with van der Waals surface area (Å²) in [6, 6.07) is 8.34. The van der Waals surface area contributed by atoms with Gasteiger partial charge in [0.2, 0.25) is 5.91 Å². The van der Waals surface area contributed by atoms with E-state index in [2.05, 4.69) is 22.3 Å². The quantitative estimate of drug-likeness (QED) is 0.929. The summed E-state index contributed by atoms with van der Waals surface area (Å²) in [5.41, 5.74) is 2.28. The molecule has 2 aliphatic rings. The number of nitrogens with one attached hydrogen (secondary N) is 1. The minimum absolute atomic E-state index is 0.0747. The Kier molecular flexibility index (Phi) is 4.39. The number of carbonyl (C=O) groups is 1. The highest BCUT2D eigenvalue weighted by atomic mass is 16.5. The van der Waals surface area contributed by atoms with E-state index in [1.165, 1.54) is 12.8 Å². The predicted octanol–water partition coefficient (Wildman–Crippen LogP) is 2.51. The van der Waals surface area contributed by atoms with E-state index in [0.717, 1.165) is 30.5 Å². The SMILES string of the molecule is CN(C)c1ccc(CC(=O)N[C@H]2COC3(CCCC3)C2)cc1. The minimum Gasteiger partial charge on any atom is -0.378 e. The van der Waals surface area contributed by atoms with Crippen LogP contribution in [-0.2, 0) is 16.0 Å². The van der Waals surface area contributed by atoms with Crippen LogP contribution in [0.2, 0.25) is 0 Å². The zero-order valence-electron chi connectivity index (χ0n) is 13.6. The molecular weight excluding hydrogens is 276 g/mol. The number of nitrogens with zero attached hydrogens (tertiary/aromatic N) is 1. The summed E-state index contributed by atoms with van der Waals surface area (Å²) in [6.07, 6.45) is 6.27. The summed E-state index contributed by atoms with van der Waals surface area (Å²) in [6.45, 7) is 0.672. The molecule has 1 saturated carbocycles. The molecule has 1 aliphatic heterocycles. The molecule has 4 heteroatoms. The maximum Gasteiger partial charge on any atom is 0.224 e. The van der Waals surface area contributed by atoms with Gasteiger partial charge in [-0.2, -0.15) is 0 Å². The predicted molar refractivity (Wildman–Crippen MR) is 88.2 cm³/mol. The van der Waals surface area contributed by atoms with Crippen LogP contribution in [0.25, 0.3) is 0 Å². The second-order valence-electron chi connectivity index (χ2n) is 6.91. The summed E-state index contributed by atoms with van der Waals surface area (Å²) in [5, 5.41) is 3.14. The first kappa shape index (κ1) is 15.3. The number of ether oxygens (including phenoxy) is 1. The summed E-state index contributed by atoms with van der Waals surface area (Å²) < 4.78 is 5.99. The lowest BCUT2D eigenvalue weighted by Gasteiger charge is -2.21. The molecule has 22 heavy (non-hydrogen) atoms. The van der Waals surface area contributed by atoms with Crippen molar-refractivity contribution < 1.29 is 9.53 Å². The summed E-state index contributed by atoms with van der Waals surface area (Å²) >= 11 is 0. The Balaban J connectivity index is 1.50. The number of carbonyl (C=O) groups excluding carboxylic acids is 1. The first-order valence-electron chi connectivity index (χ1n) is 8.26. The molecule has 1 saturated heterocycles. The van der Waals surface area contributed by atoms with Crippen molar-refractivity contribution in [2.24, 2.45) is 0 Å². The number of anilines is 1. The molecule has 1 aromatic rings. The molecule has 1 spiro atoms. The lowest BCUT2D eigenvalue weighted by molar-refractivity contribution is -0.121. The lowest BCUT2D eigenvalue weighted by Crippen LogP contribution is -2.37. The minimum atomic E-state index is 0.0747. The van der Waals surface area contributed by atoms with Crippen LogP contribution >= 0.6 is 0 Å². The first-order chi connectivity index (χ1) is 10.6. The van der Waals surface area contributed by atoms with Gasteiger partial charge < -0.3 is 15.0 Å². The summed E-state index contributed by atoms with van der Waals surface area (Å²) in [4.78, 5) is 14.3. The van der Waals surface area contributed by atoms with Gasteiger partial charge in [0.15, 0.2) is 0 Å². The molecule has 1 heterocycles. The van der Waals surface area contributed by atoms with Crippen LogP contribution < -0.4 is 10.2 Å². The van der Waals surface area contributed by atoms with Crippen molar-refractivity contribution in [3.63, 3.8) is 0 Å². The van der Waals surface area contributed by atoms with Crippen LogP contribution in [-0.4, -0.2) is 38.3 Å². The monoisotopic (exact) mass is 302 g/mol. The number of hydrogen-bond acceptors (Lipinski definition) is 3. The average Bonchev–Trinajstić information content (AvgIpc) is 3.10. The van der Waals surface area contributed by atoms with Crippen molar-refractivity contribution in [3.8, 4) is 0 Å². The molecule has 2 fully saturated rings. The topological polar surface area (TPSA) is 41.6 Å². The van der Waals surface area contributed by atoms with E-state index in [9.17, 15) is 4.79 Å². The van der Waals surface area contributed by atoms with Crippen molar-refractivity contribution >= 4 is 11.6 Å². The zero-order chi connectivity index (χ0) is 15.6. The van der Waals surface area contributed by atoms with Crippen molar-refractivity contribution in [3.05, 3.63) is 29.8 Å². The lowest BCUT2D eigenvalue weighted by atomic mass is 9.96. The Morgan fingerprint density at radius 1 is 1.27 bits per heavy atom. The van der Waals surface area contributed by atoms with Crippen molar-refractivity contribution in [2.75, 3.05) is 25.6 Å². The molecule has 1 atom stereocenters. The largest absolute Gasteiger partial charge is 0.378 e. The van der Waals surface area contributed by atoms with Gasteiger partial charge in [-0.15, -0.1) is 0 Å². The van der Waals surface area contributed by atoms with E-state index < -0.39 is 0 Å². The maximum atomic E-state index is 12.2. The highest BCUT2D eigenvalue weighted by Gasteiger charge is 2.42. The molecular formula is C18H26N2O2. The van der Waals surface area contributed by atoms with Crippen LogP contribution in [0.15, 0.2) is 24.3 Å². The van der Waals surface area contributed by atoms with Crippen LogP contribution in [0.1, 0.15) is 37.7 Å². The fraction of sp³-hybridized carbons (Fsp3) is 0.611. The van der Waals surface area contributed by atoms with Crippen LogP contribution in [0, 0.1) is 0 Å². The Bertz CT molecular complexity index is 518. The molecule has 0 aromatic heterocycles. The Hall–Kier alpha value is -1.55. The highest BCUT2D eigenvalue weighted by Crippen LogP contribution is 2.40. The fourth-order valence-corrected chi connectivity index (χ4v) is 3.68. The number of amides is 1. The Labute approximate surface area is 132 Å². The van der Waals surface area contributed by atoms with E-state index in [-0.39, 0.29) is 17.6 Å². The van der Waals surface area contributed by atoms with Gasteiger partial charge in [0.25, 0.3) is 0 Å². The molecule has 1 aromatic carbocycles. The zero-order valence-corrected chi connectivity index (χ0v) is 13.6. The van der Waals surface area contributed by atoms with E-state index in [4.69, 9.17) is 4.74 Å². The summed E-state index contributed by atoms with van der Waals surface area (Å²) in [5.74, 6) is 0.0984. The van der Waals surface area contributed by atoms with E-state index >= 15 is 0 Å².